The second-order valence-electron chi connectivity index (χ2n) is 4.64. The van der Waals surface area contributed by atoms with E-state index < -0.39 is 11.7 Å². The van der Waals surface area contributed by atoms with Crippen LogP contribution in [0.3, 0.4) is 0 Å². The van der Waals surface area contributed by atoms with Gasteiger partial charge in [-0.15, -0.1) is 10.2 Å². The third kappa shape index (κ3) is 1.82. The molecule has 22 heavy (non-hydrogen) atoms. The molecule has 4 aromatic rings. The van der Waals surface area contributed by atoms with Gasteiger partial charge in [-0.3, -0.25) is 9.38 Å². The average Bonchev–Trinajstić information content (AvgIpc) is 3.16. The molecule has 0 bridgehead atoms. The van der Waals surface area contributed by atoms with Gasteiger partial charge < -0.3 is 4.57 Å². The van der Waals surface area contributed by atoms with Crippen LogP contribution in [0.25, 0.3) is 22.4 Å². The summed E-state index contributed by atoms with van der Waals surface area (Å²) in [5, 5.41) is 7.48. The molecule has 6 nitrogen and oxygen atoms in total. The predicted molar refractivity (Wildman–Crippen MR) is 70.4 cm³/mol. The molecule has 0 fully saturated rings. The molecule has 0 spiro atoms. The lowest BCUT2D eigenvalue weighted by Gasteiger charge is -2.14. The summed E-state index contributed by atoms with van der Waals surface area (Å²) in [5.74, 6) is 0. The fraction of sp³-hybridized carbons (Fsp3) is 0.0769. The zero-order valence-corrected chi connectivity index (χ0v) is 10.9. The van der Waals surface area contributed by atoms with E-state index in [9.17, 15) is 13.2 Å². The Bertz CT molecular complexity index is 971. The zero-order chi connectivity index (χ0) is 15.3. The Balaban J connectivity index is 2.12. The van der Waals surface area contributed by atoms with Crippen molar-refractivity contribution in [2.45, 2.75) is 6.18 Å². The van der Waals surface area contributed by atoms with Crippen molar-refractivity contribution < 1.29 is 13.2 Å². The minimum Gasteiger partial charge on any atom is -0.306 e. The second kappa shape index (κ2) is 4.26. The first-order chi connectivity index (χ1) is 10.5. The van der Waals surface area contributed by atoms with Gasteiger partial charge in [-0.25, -0.2) is 4.98 Å². The van der Waals surface area contributed by atoms with Crippen LogP contribution in [0.1, 0.15) is 5.56 Å². The van der Waals surface area contributed by atoms with Gasteiger partial charge in [0.25, 0.3) is 0 Å². The zero-order valence-electron chi connectivity index (χ0n) is 10.9. The van der Waals surface area contributed by atoms with E-state index in [0.717, 1.165) is 6.07 Å². The van der Waals surface area contributed by atoms with Crippen LogP contribution in [-0.4, -0.2) is 29.1 Å². The molecule has 0 atom stereocenters. The smallest absolute Gasteiger partial charge is 0.306 e. The highest BCUT2D eigenvalue weighted by molar-refractivity contribution is 5.81. The minimum absolute atomic E-state index is 0.0302. The highest BCUT2D eigenvalue weighted by Crippen LogP contribution is 2.36. The number of nitrogens with zero attached hydrogens (tertiary/aromatic N) is 6. The Morgan fingerprint density at radius 3 is 2.68 bits per heavy atom. The molecule has 3 aromatic heterocycles. The Labute approximate surface area is 120 Å². The maximum atomic E-state index is 13.4. The van der Waals surface area contributed by atoms with Crippen LogP contribution in [0.2, 0.25) is 0 Å². The van der Waals surface area contributed by atoms with Crippen molar-refractivity contribution in [1.82, 2.24) is 29.1 Å². The lowest BCUT2D eigenvalue weighted by Crippen LogP contribution is -2.11. The summed E-state index contributed by atoms with van der Waals surface area (Å²) in [6, 6.07) is 2.42. The fourth-order valence-corrected chi connectivity index (χ4v) is 2.35. The summed E-state index contributed by atoms with van der Waals surface area (Å²) in [6.07, 6.45) is 2.49. The number of halogens is 3. The largest absolute Gasteiger partial charge is 0.418 e. The number of hydrogen-bond donors (Lipinski definition) is 0. The molecule has 0 saturated carbocycles. The van der Waals surface area contributed by atoms with Crippen LogP contribution in [-0.2, 0) is 6.18 Å². The van der Waals surface area contributed by atoms with Gasteiger partial charge in [-0.2, -0.15) is 13.2 Å². The van der Waals surface area contributed by atoms with E-state index >= 15 is 0 Å². The molecule has 0 aliphatic rings. The number of imidazole rings is 1. The number of fused-ring (bicyclic) bond motifs is 3. The van der Waals surface area contributed by atoms with Crippen molar-refractivity contribution in [2.24, 2.45) is 0 Å². The minimum atomic E-state index is -4.51. The van der Waals surface area contributed by atoms with E-state index in [0.29, 0.717) is 16.7 Å². The van der Waals surface area contributed by atoms with E-state index in [1.165, 1.54) is 46.3 Å². The topological polar surface area (TPSA) is 60.9 Å². The van der Waals surface area contributed by atoms with Crippen LogP contribution < -0.4 is 0 Å². The van der Waals surface area contributed by atoms with E-state index in [4.69, 9.17) is 0 Å². The number of alkyl halides is 3. The molecular formula is C13H7F3N6. The molecule has 0 saturated heterocycles. The monoisotopic (exact) mass is 304 g/mol. The molecule has 4 rings (SSSR count). The first-order valence-electron chi connectivity index (χ1n) is 6.22. The number of aromatic nitrogens is 6. The van der Waals surface area contributed by atoms with Crippen LogP contribution >= 0.6 is 0 Å². The summed E-state index contributed by atoms with van der Waals surface area (Å²) < 4.78 is 43.0. The average molecular weight is 304 g/mol. The predicted octanol–water partition coefficient (Wildman–Crippen LogP) is 2.48. The van der Waals surface area contributed by atoms with Crippen molar-refractivity contribution in [1.29, 1.82) is 0 Å². The van der Waals surface area contributed by atoms with Gasteiger partial charge in [0.05, 0.1) is 34.8 Å². The molecular weight excluding hydrogens is 297 g/mol. The Morgan fingerprint density at radius 1 is 1.09 bits per heavy atom. The van der Waals surface area contributed by atoms with Crippen molar-refractivity contribution in [3.63, 3.8) is 0 Å². The maximum Gasteiger partial charge on any atom is 0.418 e. The normalized spacial score (nSPS) is 12.3. The van der Waals surface area contributed by atoms with Gasteiger partial charge >= 0.3 is 6.18 Å². The molecule has 0 unspecified atom stereocenters. The third-order valence-electron chi connectivity index (χ3n) is 3.33. The van der Waals surface area contributed by atoms with Gasteiger partial charge in [-0.1, -0.05) is 0 Å². The van der Waals surface area contributed by atoms with Crippen molar-refractivity contribution in [2.75, 3.05) is 0 Å². The molecule has 9 heteroatoms. The van der Waals surface area contributed by atoms with Gasteiger partial charge in [0.15, 0.2) is 5.65 Å². The van der Waals surface area contributed by atoms with Crippen molar-refractivity contribution >= 4 is 16.7 Å². The highest BCUT2D eigenvalue weighted by Gasteiger charge is 2.34. The molecule has 110 valence electrons. The summed E-state index contributed by atoms with van der Waals surface area (Å²) in [6.45, 7) is 0. The molecule has 0 aliphatic heterocycles. The van der Waals surface area contributed by atoms with Crippen LogP contribution in [0.15, 0.2) is 43.4 Å². The van der Waals surface area contributed by atoms with E-state index in [2.05, 4.69) is 20.2 Å². The molecule has 1 aromatic carbocycles. The van der Waals surface area contributed by atoms with Gasteiger partial charge in [0.1, 0.15) is 6.33 Å². The van der Waals surface area contributed by atoms with Gasteiger partial charge in [0.2, 0.25) is 0 Å². The lowest BCUT2D eigenvalue weighted by atomic mass is 10.1. The molecule has 0 aliphatic carbocycles. The summed E-state index contributed by atoms with van der Waals surface area (Å²) in [7, 11) is 0. The standard InChI is InChI=1S/C13H7F3N6/c14-13(15,16)8-3-11-9(4-10(8)21-2-1-17-6-21)18-5-12-20-19-7-22(11)12/h1-7H. The van der Waals surface area contributed by atoms with E-state index in [-0.39, 0.29) is 5.69 Å². The summed E-state index contributed by atoms with van der Waals surface area (Å²) in [5.41, 5.74) is 0.275. The summed E-state index contributed by atoms with van der Waals surface area (Å²) >= 11 is 0. The van der Waals surface area contributed by atoms with Gasteiger partial charge in [0, 0.05) is 12.4 Å². The Kier molecular flexibility index (Phi) is 2.47. The summed E-state index contributed by atoms with van der Waals surface area (Å²) in [4.78, 5) is 7.94. The van der Waals surface area contributed by atoms with Crippen LogP contribution in [0.5, 0.6) is 0 Å². The van der Waals surface area contributed by atoms with Crippen LogP contribution in [0, 0.1) is 0 Å². The first-order valence-corrected chi connectivity index (χ1v) is 6.22. The van der Waals surface area contributed by atoms with E-state index in [1.807, 2.05) is 0 Å². The molecule has 0 N–H and O–H groups in total. The highest BCUT2D eigenvalue weighted by atomic mass is 19.4. The van der Waals surface area contributed by atoms with Gasteiger partial charge in [-0.05, 0) is 12.1 Å². The fourth-order valence-electron chi connectivity index (χ4n) is 2.35. The Hall–Kier alpha value is -2.97. The third-order valence-corrected chi connectivity index (χ3v) is 3.33. The van der Waals surface area contributed by atoms with Crippen molar-refractivity contribution in [3.8, 4) is 5.69 Å². The quantitative estimate of drug-likeness (QED) is 0.542. The number of hydrogen-bond acceptors (Lipinski definition) is 4. The second-order valence-corrected chi connectivity index (χ2v) is 4.64. The SMILES string of the molecule is FC(F)(F)c1cc2c(cc1-n1ccnc1)ncc1nncn12. The number of benzene rings is 1. The lowest BCUT2D eigenvalue weighted by molar-refractivity contribution is -0.137. The molecule has 0 radical (unpaired) electrons. The maximum absolute atomic E-state index is 13.4. The van der Waals surface area contributed by atoms with Crippen LogP contribution in [0.4, 0.5) is 13.2 Å². The Morgan fingerprint density at radius 2 is 1.95 bits per heavy atom. The van der Waals surface area contributed by atoms with Crippen molar-refractivity contribution in [3.05, 3.63) is 48.9 Å². The first kappa shape index (κ1) is 12.7. The number of rotatable bonds is 1. The van der Waals surface area contributed by atoms with E-state index in [1.54, 1.807) is 0 Å². The molecule has 0 amide bonds. The molecule has 3 heterocycles.